The Hall–Kier alpha value is -0.610. The van der Waals surface area contributed by atoms with E-state index in [1.807, 2.05) is 4.90 Å². The zero-order valence-electron chi connectivity index (χ0n) is 12.4. The van der Waals surface area contributed by atoms with Gasteiger partial charge in [-0.15, -0.1) is 0 Å². The maximum absolute atomic E-state index is 12.0. The Balaban J connectivity index is 1.53. The highest BCUT2D eigenvalue weighted by atomic mass is 16.2. The molecule has 0 aromatic carbocycles. The molecule has 1 aliphatic heterocycles. The molecule has 2 aliphatic rings. The summed E-state index contributed by atoms with van der Waals surface area (Å²) in [6, 6.07) is 0. The minimum absolute atomic E-state index is 0.275. The van der Waals surface area contributed by atoms with Gasteiger partial charge in [0.15, 0.2) is 0 Å². The van der Waals surface area contributed by atoms with E-state index in [1.54, 1.807) is 0 Å². The van der Waals surface area contributed by atoms with Crippen molar-refractivity contribution >= 4 is 5.91 Å². The predicted molar refractivity (Wildman–Crippen MR) is 78.1 cm³/mol. The third-order valence-corrected chi connectivity index (χ3v) is 4.59. The van der Waals surface area contributed by atoms with Crippen LogP contribution in [-0.4, -0.2) is 62.0 Å². The number of likely N-dealkylation sites (N-methyl/N-ethyl adjacent to an activating group) is 1. The molecule has 19 heavy (non-hydrogen) atoms. The van der Waals surface area contributed by atoms with Gasteiger partial charge in [0.25, 0.3) is 0 Å². The fourth-order valence-corrected chi connectivity index (χ4v) is 3.14. The van der Waals surface area contributed by atoms with Crippen LogP contribution in [0.25, 0.3) is 0 Å². The van der Waals surface area contributed by atoms with E-state index in [9.17, 15) is 4.79 Å². The molecule has 1 heterocycles. The van der Waals surface area contributed by atoms with Crippen molar-refractivity contribution in [2.24, 2.45) is 5.92 Å². The zero-order valence-corrected chi connectivity index (χ0v) is 12.4. The molecule has 0 unspecified atom stereocenters. The number of carbonyl (C=O) groups excluding carboxylic acids is 1. The largest absolute Gasteiger partial charge is 0.339 e. The van der Waals surface area contributed by atoms with Crippen molar-refractivity contribution in [2.75, 3.05) is 46.3 Å². The molecule has 0 radical (unpaired) electrons. The predicted octanol–water partition coefficient (Wildman–Crippen LogP) is 1.32. The van der Waals surface area contributed by atoms with Gasteiger partial charge in [-0.3, -0.25) is 4.79 Å². The first-order valence-electron chi connectivity index (χ1n) is 7.93. The summed E-state index contributed by atoms with van der Waals surface area (Å²) in [5.41, 5.74) is 0. The quantitative estimate of drug-likeness (QED) is 0.763. The van der Waals surface area contributed by atoms with Crippen LogP contribution in [0.2, 0.25) is 0 Å². The van der Waals surface area contributed by atoms with E-state index in [1.165, 1.54) is 38.5 Å². The van der Waals surface area contributed by atoms with Crippen molar-refractivity contribution < 1.29 is 4.79 Å². The van der Waals surface area contributed by atoms with Gasteiger partial charge >= 0.3 is 0 Å². The van der Waals surface area contributed by atoms with Crippen LogP contribution in [0.1, 0.15) is 38.5 Å². The van der Waals surface area contributed by atoms with Crippen LogP contribution in [0, 0.1) is 5.92 Å². The molecule has 110 valence electrons. The number of rotatable bonds is 5. The number of amides is 1. The number of hydrogen-bond acceptors (Lipinski definition) is 3. The molecule has 0 aromatic rings. The molecule has 2 fully saturated rings. The van der Waals surface area contributed by atoms with Crippen LogP contribution < -0.4 is 5.32 Å². The SMILES string of the molecule is CN1CCN(C(=O)CNCCC2CCCCC2)CC1. The van der Waals surface area contributed by atoms with Crippen molar-refractivity contribution in [1.82, 2.24) is 15.1 Å². The summed E-state index contributed by atoms with van der Waals surface area (Å²) in [6.45, 7) is 5.32. The summed E-state index contributed by atoms with van der Waals surface area (Å²) in [6.07, 6.45) is 8.28. The monoisotopic (exact) mass is 267 g/mol. The van der Waals surface area contributed by atoms with Crippen LogP contribution in [0.4, 0.5) is 0 Å². The first kappa shape index (κ1) is 14.8. The van der Waals surface area contributed by atoms with Gasteiger partial charge in [0, 0.05) is 26.2 Å². The van der Waals surface area contributed by atoms with Gasteiger partial charge in [-0.2, -0.15) is 0 Å². The van der Waals surface area contributed by atoms with Crippen molar-refractivity contribution in [3.63, 3.8) is 0 Å². The van der Waals surface area contributed by atoms with Crippen molar-refractivity contribution in [3.05, 3.63) is 0 Å². The first-order valence-corrected chi connectivity index (χ1v) is 7.93. The molecule has 4 nitrogen and oxygen atoms in total. The van der Waals surface area contributed by atoms with E-state index in [0.717, 1.165) is 38.6 Å². The van der Waals surface area contributed by atoms with Crippen LogP contribution in [0.3, 0.4) is 0 Å². The van der Waals surface area contributed by atoms with Crippen LogP contribution in [0.5, 0.6) is 0 Å². The zero-order chi connectivity index (χ0) is 13.5. The molecule has 1 N–H and O–H groups in total. The fourth-order valence-electron chi connectivity index (χ4n) is 3.14. The van der Waals surface area contributed by atoms with Crippen LogP contribution in [-0.2, 0) is 4.79 Å². The lowest BCUT2D eigenvalue weighted by Crippen LogP contribution is -2.49. The van der Waals surface area contributed by atoms with Gasteiger partial charge in [0.2, 0.25) is 5.91 Å². The fraction of sp³-hybridized carbons (Fsp3) is 0.933. The van der Waals surface area contributed by atoms with Crippen molar-refractivity contribution in [1.29, 1.82) is 0 Å². The standard InChI is InChI=1S/C15H29N3O/c1-17-9-11-18(12-10-17)15(19)13-16-8-7-14-5-3-2-4-6-14/h14,16H,2-13H2,1H3. The summed E-state index contributed by atoms with van der Waals surface area (Å²) in [4.78, 5) is 16.3. The minimum Gasteiger partial charge on any atom is -0.339 e. The average Bonchev–Trinajstić information content (AvgIpc) is 2.45. The maximum Gasteiger partial charge on any atom is 0.236 e. The molecule has 4 heteroatoms. The van der Waals surface area contributed by atoms with E-state index < -0.39 is 0 Å². The minimum atomic E-state index is 0.275. The molecular formula is C15H29N3O. The Kier molecular flexibility index (Phi) is 6.11. The van der Waals surface area contributed by atoms with Gasteiger partial charge < -0.3 is 15.1 Å². The Morgan fingerprint density at radius 2 is 1.79 bits per heavy atom. The van der Waals surface area contributed by atoms with Gasteiger partial charge in [-0.25, -0.2) is 0 Å². The second kappa shape index (κ2) is 7.85. The molecule has 1 saturated carbocycles. The first-order chi connectivity index (χ1) is 9.25. The molecule has 0 bridgehead atoms. The van der Waals surface area contributed by atoms with Gasteiger partial charge in [-0.05, 0) is 25.9 Å². The summed E-state index contributed by atoms with van der Waals surface area (Å²) in [5, 5.41) is 3.34. The Bertz CT molecular complexity index is 269. The van der Waals surface area contributed by atoms with E-state index in [2.05, 4.69) is 17.3 Å². The van der Waals surface area contributed by atoms with Crippen molar-refractivity contribution in [3.8, 4) is 0 Å². The van der Waals surface area contributed by atoms with E-state index in [-0.39, 0.29) is 5.91 Å². The molecule has 1 aliphatic carbocycles. The smallest absolute Gasteiger partial charge is 0.236 e. The van der Waals surface area contributed by atoms with Gasteiger partial charge in [0.1, 0.15) is 0 Å². The lowest BCUT2D eigenvalue weighted by molar-refractivity contribution is -0.131. The maximum atomic E-state index is 12.0. The number of carbonyl (C=O) groups is 1. The highest BCUT2D eigenvalue weighted by molar-refractivity contribution is 5.78. The number of piperazine rings is 1. The molecule has 1 amide bonds. The number of nitrogens with zero attached hydrogens (tertiary/aromatic N) is 2. The number of nitrogens with one attached hydrogen (secondary N) is 1. The van der Waals surface area contributed by atoms with Crippen molar-refractivity contribution in [2.45, 2.75) is 38.5 Å². The third-order valence-electron chi connectivity index (χ3n) is 4.59. The van der Waals surface area contributed by atoms with E-state index in [4.69, 9.17) is 0 Å². The molecule has 0 atom stereocenters. The molecule has 2 rings (SSSR count). The topological polar surface area (TPSA) is 35.6 Å². The number of hydrogen-bond donors (Lipinski definition) is 1. The third kappa shape index (κ3) is 5.11. The normalized spacial score (nSPS) is 22.7. The Morgan fingerprint density at radius 1 is 1.11 bits per heavy atom. The van der Waals surface area contributed by atoms with E-state index in [0.29, 0.717) is 6.54 Å². The highest BCUT2D eigenvalue weighted by Gasteiger charge is 2.18. The Morgan fingerprint density at radius 3 is 2.47 bits per heavy atom. The average molecular weight is 267 g/mol. The molecular weight excluding hydrogens is 238 g/mol. The van der Waals surface area contributed by atoms with Gasteiger partial charge in [0.05, 0.1) is 6.54 Å². The lowest BCUT2D eigenvalue weighted by atomic mass is 9.87. The summed E-state index contributed by atoms with van der Waals surface area (Å²) in [7, 11) is 2.12. The van der Waals surface area contributed by atoms with E-state index >= 15 is 0 Å². The molecule has 1 saturated heterocycles. The molecule has 0 aromatic heterocycles. The van der Waals surface area contributed by atoms with Crippen LogP contribution >= 0.6 is 0 Å². The summed E-state index contributed by atoms with van der Waals surface area (Å²) < 4.78 is 0. The van der Waals surface area contributed by atoms with Gasteiger partial charge in [-0.1, -0.05) is 32.1 Å². The Labute approximate surface area is 117 Å². The summed E-state index contributed by atoms with van der Waals surface area (Å²) >= 11 is 0. The lowest BCUT2D eigenvalue weighted by Gasteiger charge is -2.32. The van der Waals surface area contributed by atoms with Crippen LogP contribution in [0.15, 0.2) is 0 Å². The summed E-state index contributed by atoms with van der Waals surface area (Å²) in [5.74, 6) is 1.18. The second-order valence-electron chi connectivity index (χ2n) is 6.15. The second-order valence-corrected chi connectivity index (χ2v) is 6.15. The highest BCUT2D eigenvalue weighted by Crippen LogP contribution is 2.25. The molecule has 0 spiro atoms.